The van der Waals surface area contributed by atoms with Crippen LogP contribution >= 0.6 is 0 Å². The van der Waals surface area contributed by atoms with Gasteiger partial charge in [0, 0.05) is 6.42 Å². The quantitative estimate of drug-likeness (QED) is 0.335. The van der Waals surface area contributed by atoms with Crippen molar-refractivity contribution in [2.24, 2.45) is 5.92 Å². The number of carbonyl (C=O) groups is 2. The van der Waals surface area contributed by atoms with Gasteiger partial charge in [-0.1, -0.05) is 91.7 Å². The third-order valence-corrected chi connectivity index (χ3v) is 6.22. The Morgan fingerprint density at radius 2 is 1.54 bits per heavy atom. The standard InChI is InChI=1S/C18H18.C9H10O2.C6H12O2/c1-14-6-2-3-7-16(14)11-10-15-12-17-8-4-5-9-18(17)13-15;1-7-3-5-8(6-4-7)9(10)11-2;1-5(2)3-4-6(7)8/h2-9,12H,10-11,13H2,1H3;3-6H,1-2H3;5H,3-4H2,1-2H3,(H,7,8). The molecule has 0 aliphatic heterocycles. The van der Waals surface area contributed by atoms with Gasteiger partial charge in [-0.15, -0.1) is 0 Å². The molecule has 0 spiro atoms. The van der Waals surface area contributed by atoms with Crippen LogP contribution in [0.3, 0.4) is 0 Å². The highest BCUT2D eigenvalue weighted by atomic mass is 16.5. The molecule has 1 aliphatic carbocycles. The molecule has 4 nitrogen and oxygen atoms in total. The number of allylic oxidation sites excluding steroid dienone is 1. The van der Waals surface area contributed by atoms with Gasteiger partial charge in [0.2, 0.25) is 0 Å². The molecule has 0 aromatic heterocycles. The first kappa shape index (κ1) is 29.6. The van der Waals surface area contributed by atoms with Crippen LogP contribution in [-0.2, 0) is 22.4 Å². The second-order valence-electron chi connectivity index (χ2n) is 9.79. The number of carboxylic acid groups (broad SMARTS) is 1. The number of benzene rings is 3. The first-order chi connectivity index (χ1) is 17.7. The summed E-state index contributed by atoms with van der Waals surface area (Å²) in [7, 11) is 1.38. The highest BCUT2D eigenvalue weighted by Crippen LogP contribution is 2.27. The van der Waals surface area contributed by atoms with Crippen LogP contribution in [0.2, 0.25) is 0 Å². The number of hydrogen-bond acceptors (Lipinski definition) is 3. The third-order valence-electron chi connectivity index (χ3n) is 6.22. The average molecular weight is 501 g/mol. The van der Waals surface area contributed by atoms with Crippen LogP contribution in [0.15, 0.2) is 78.4 Å². The summed E-state index contributed by atoms with van der Waals surface area (Å²) >= 11 is 0. The first-order valence-corrected chi connectivity index (χ1v) is 12.9. The normalized spacial score (nSPS) is 11.4. The molecule has 37 heavy (non-hydrogen) atoms. The van der Waals surface area contributed by atoms with Crippen LogP contribution in [0, 0.1) is 19.8 Å². The fourth-order valence-electron chi connectivity index (χ4n) is 3.92. The predicted molar refractivity (Wildman–Crippen MR) is 152 cm³/mol. The molecule has 1 N–H and O–H groups in total. The molecule has 0 saturated carbocycles. The van der Waals surface area contributed by atoms with E-state index in [4.69, 9.17) is 5.11 Å². The molecule has 1 aliphatic rings. The summed E-state index contributed by atoms with van der Waals surface area (Å²) in [4.78, 5) is 20.8. The van der Waals surface area contributed by atoms with Crippen LogP contribution in [0.5, 0.6) is 0 Å². The SMILES string of the molecule is CC(C)CCC(=O)O.COC(=O)c1ccc(C)cc1.Cc1ccccc1CCC1=Cc2ccccc2C1. The lowest BCUT2D eigenvalue weighted by atomic mass is 10.00. The Bertz CT molecular complexity index is 1170. The molecule has 0 heterocycles. The van der Waals surface area contributed by atoms with Crippen molar-refractivity contribution in [3.05, 3.63) is 112 Å². The van der Waals surface area contributed by atoms with Crippen molar-refractivity contribution >= 4 is 18.0 Å². The van der Waals surface area contributed by atoms with Gasteiger partial charge >= 0.3 is 11.9 Å². The zero-order chi connectivity index (χ0) is 27.2. The fourth-order valence-corrected chi connectivity index (χ4v) is 3.92. The molecule has 4 rings (SSSR count). The van der Waals surface area contributed by atoms with E-state index < -0.39 is 5.97 Å². The second kappa shape index (κ2) is 15.5. The number of aliphatic carboxylic acids is 1. The van der Waals surface area contributed by atoms with Crippen molar-refractivity contribution < 1.29 is 19.4 Å². The molecule has 4 heteroatoms. The van der Waals surface area contributed by atoms with Crippen LogP contribution in [0.25, 0.3) is 6.08 Å². The van der Waals surface area contributed by atoms with E-state index in [1.807, 2.05) is 32.9 Å². The Balaban J connectivity index is 0.000000217. The van der Waals surface area contributed by atoms with E-state index in [1.165, 1.54) is 35.8 Å². The third kappa shape index (κ3) is 10.9. The lowest BCUT2D eigenvalue weighted by molar-refractivity contribution is -0.137. The Kier molecular flexibility index (Phi) is 12.3. The number of hydrogen-bond donors (Lipinski definition) is 1. The molecule has 0 atom stereocenters. The van der Waals surface area contributed by atoms with Crippen LogP contribution < -0.4 is 0 Å². The summed E-state index contributed by atoms with van der Waals surface area (Å²) < 4.78 is 4.54. The number of methoxy groups -OCH3 is 1. The van der Waals surface area contributed by atoms with E-state index in [9.17, 15) is 9.59 Å². The van der Waals surface area contributed by atoms with E-state index in [2.05, 4.69) is 66.3 Å². The Morgan fingerprint density at radius 3 is 2.11 bits per heavy atom. The van der Waals surface area contributed by atoms with Crippen molar-refractivity contribution in [2.45, 2.75) is 59.8 Å². The van der Waals surface area contributed by atoms with Gasteiger partial charge in [0.1, 0.15) is 0 Å². The van der Waals surface area contributed by atoms with E-state index in [0.717, 1.165) is 24.8 Å². The minimum absolute atomic E-state index is 0.287. The number of aryl methyl sites for hydroxylation is 3. The summed E-state index contributed by atoms with van der Waals surface area (Å²) in [6.07, 6.45) is 6.94. The van der Waals surface area contributed by atoms with Gasteiger partial charge in [-0.05, 0) is 79.8 Å². The molecule has 196 valence electrons. The molecule has 3 aromatic rings. The minimum Gasteiger partial charge on any atom is -0.481 e. The van der Waals surface area contributed by atoms with Crippen molar-refractivity contribution in [3.63, 3.8) is 0 Å². The van der Waals surface area contributed by atoms with Crippen molar-refractivity contribution in [1.29, 1.82) is 0 Å². The topological polar surface area (TPSA) is 63.6 Å². The minimum atomic E-state index is -0.696. The molecule has 0 unspecified atom stereocenters. The molecular weight excluding hydrogens is 460 g/mol. The number of carboxylic acids is 1. The summed E-state index contributed by atoms with van der Waals surface area (Å²) in [5, 5.41) is 8.16. The molecule has 0 radical (unpaired) electrons. The van der Waals surface area contributed by atoms with Crippen molar-refractivity contribution in [3.8, 4) is 0 Å². The summed E-state index contributed by atoms with van der Waals surface area (Å²) in [5.41, 5.74) is 9.09. The first-order valence-electron chi connectivity index (χ1n) is 12.9. The van der Waals surface area contributed by atoms with Crippen LogP contribution in [-0.4, -0.2) is 24.2 Å². The van der Waals surface area contributed by atoms with Gasteiger partial charge in [-0.25, -0.2) is 4.79 Å². The largest absolute Gasteiger partial charge is 0.481 e. The predicted octanol–water partition coefficient (Wildman–Crippen LogP) is 7.86. The van der Waals surface area contributed by atoms with Gasteiger partial charge < -0.3 is 9.84 Å². The maximum atomic E-state index is 10.9. The van der Waals surface area contributed by atoms with Crippen LogP contribution in [0.1, 0.15) is 71.3 Å². The zero-order valence-electron chi connectivity index (χ0n) is 22.8. The highest BCUT2D eigenvalue weighted by molar-refractivity contribution is 5.89. The number of ether oxygens (including phenoxy) is 1. The van der Waals surface area contributed by atoms with E-state index >= 15 is 0 Å². The molecule has 0 bridgehead atoms. The maximum Gasteiger partial charge on any atom is 0.337 e. The summed E-state index contributed by atoms with van der Waals surface area (Å²) in [5.74, 6) is -0.477. The van der Waals surface area contributed by atoms with E-state index in [-0.39, 0.29) is 5.97 Å². The molecule has 0 saturated heterocycles. The molecular formula is C33H40O4. The lowest BCUT2D eigenvalue weighted by Gasteiger charge is -2.06. The van der Waals surface area contributed by atoms with Gasteiger partial charge in [0.15, 0.2) is 0 Å². The van der Waals surface area contributed by atoms with Gasteiger partial charge in [-0.2, -0.15) is 0 Å². The number of rotatable bonds is 7. The monoisotopic (exact) mass is 500 g/mol. The highest BCUT2D eigenvalue weighted by Gasteiger charge is 2.11. The van der Waals surface area contributed by atoms with E-state index in [1.54, 1.807) is 17.7 Å². The number of esters is 1. The Hall–Kier alpha value is -3.66. The summed E-state index contributed by atoms with van der Waals surface area (Å²) in [6, 6.07) is 24.7. The fraction of sp³-hybridized carbons (Fsp3) is 0.333. The number of fused-ring (bicyclic) bond motifs is 1. The van der Waals surface area contributed by atoms with Gasteiger partial charge in [0.25, 0.3) is 0 Å². The Labute approximate surface area is 222 Å². The zero-order valence-corrected chi connectivity index (χ0v) is 22.8. The number of carbonyl (C=O) groups excluding carboxylic acids is 1. The Morgan fingerprint density at radius 1 is 0.892 bits per heavy atom. The lowest BCUT2D eigenvalue weighted by Crippen LogP contribution is -2.00. The molecule has 3 aromatic carbocycles. The molecule has 0 fully saturated rings. The smallest absolute Gasteiger partial charge is 0.337 e. The van der Waals surface area contributed by atoms with E-state index in [0.29, 0.717) is 17.9 Å². The van der Waals surface area contributed by atoms with Gasteiger partial charge in [0.05, 0.1) is 12.7 Å². The van der Waals surface area contributed by atoms with Crippen molar-refractivity contribution in [1.82, 2.24) is 0 Å². The average Bonchev–Trinajstić information content (AvgIpc) is 3.31. The molecule has 0 amide bonds. The maximum absolute atomic E-state index is 10.9. The van der Waals surface area contributed by atoms with Crippen molar-refractivity contribution in [2.75, 3.05) is 7.11 Å². The van der Waals surface area contributed by atoms with Crippen LogP contribution in [0.4, 0.5) is 0 Å². The summed E-state index contributed by atoms with van der Waals surface area (Å²) in [6.45, 7) is 8.21. The van der Waals surface area contributed by atoms with Gasteiger partial charge in [-0.3, -0.25) is 4.79 Å². The second-order valence-corrected chi connectivity index (χ2v) is 9.79.